The topological polar surface area (TPSA) is 205 Å². The average Bonchev–Trinajstić information content (AvgIpc) is 4.13. The van der Waals surface area contributed by atoms with Gasteiger partial charge >= 0.3 is 6.61 Å². The molecule has 0 spiro atoms. The molecule has 0 aliphatic carbocycles. The van der Waals surface area contributed by atoms with E-state index in [9.17, 15) is 18.4 Å². The number of aryl methyl sites for hydroxylation is 1. The van der Waals surface area contributed by atoms with Gasteiger partial charge in [-0.05, 0) is 71.6 Å². The summed E-state index contributed by atoms with van der Waals surface area (Å²) in [5.41, 5.74) is 0.302. The molecule has 7 heterocycles. The molecular weight excluding hydrogens is 881 g/mol. The molecule has 0 saturated carbocycles. The van der Waals surface area contributed by atoms with Gasteiger partial charge in [-0.25, -0.2) is 0 Å². The summed E-state index contributed by atoms with van der Waals surface area (Å²) in [5.74, 6) is 0.540. The summed E-state index contributed by atoms with van der Waals surface area (Å²) >= 11 is 3.74. The Morgan fingerprint density at radius 1 is 0.710 bits per heavy atom. The predicted molar refractivity (Wildman–Crippen MR) is 228 cm³/mol. The Morgan fingerprint density at radius 2 is 1.24 bits per heavy atom. The second kappa shape index (κ2) is 22.7. The van der Waals surface area contributed by atoms with Crippen molar-refractivity contribution < 1.29 is 49.6 Å². The molecule has 2 fully saturated rings. The van der Waals surface area contributed by atoms with Crippen molar-refractivity contribution in [3.8, 4) is 10.4 Å². The van der Waals surface area contributed by atoms with Crippen LogP contribution in [0.15, 0.2) is 79.1 Å². The molecule has 2 aliphatic heterocycles. The molecule has 1 aromatic carbocycles. The van der Waals surface area contributed by atoms with E-state index in [1.165, 1.54) is 41.9 Å². The van der Waals surface area contributed by atoms with E-state index in [1.807, 2.05) is 48.2 Å². The molecule has 2 saturated heterocycles. The van der Waals surface area contributed by atoms with Gasteiger partial charge in [0, 0.05) is 58.0 Å². The van der Waals surface area contributed by atoms with E-state index in [0.717, 1.165) is 58.7 Å². The van der Waals surface area contributed by atoms with Crippen LogP contribution in [0.3, 0.4) is 0 Å². The van der Waals surface area contributed by atoms with E-state index in [-0.39, 0.29) is 40.7 Å². The number of ether oxygens (including phenoxy) is 4. The fourth-order valence-electron chi connectivity index (χ4n) is 6.20. The number of anilines is 4. The van der Waals surface area contributed by atoms with E-state index in [0.29, 0.717) is 29.0 Å². The summed E-state index contributed by atoms with van der Waals surface area (Å²) < 4.78 is 47.2. The number of nitrogens with one attached hydrogen (secondary N) is 2. The van der Waals surface area contributed by atoms with Crippen LogP contribution in [0.4, 0.5) is 40.1 Å². The van der Waals surface area contributed by atoms with Crippen molar-refractivity contribution in [1.82, 2.24) is 40.8 Å². The number of carbonyl (C=O) groups excluding carboxylic acids is 2. The summed E-state index contributed by atoms with van der Waals surface area (Å²) in [6, 6.07) is 19.4. The number of benzene rings is 1. The number of hydrogen-bond acceptors (Lipinski definition) is 19. The van der Waals surface area contributed by atoms with Crippen molar-refractivity contribution in [2.45, 2.75) is 50.8 Å². The number of carbonyl (C=O) groups is 2. The molecule has 5 aromatic heterocycles. The Balaban J connectivity index is 0.000000321. The van der Waals surface area contributed by atoms with Gasteiger partial charge in [0.15, 0.2) is 23.8 Å². The van der Waals surface area contributed by atoms with Crippen LogP contribution in [-0.2, 0) is 19.1 Å². The van der Waals surface area contributed by atoms with Crippen LogP contribution in [0.1, 0.15) is 43.2 Å². The zero-order chi connectivity index (χ0) is 41.8. The van der Waals surface area contributed by atoms with Crippen LogP contribution in [-0.4, -0.2) is 105 Å². The van der Waals surface area contributed by atoms with E-state index in [4.69, 9.17) is 14.2 Å². The highest BCUT2D eigenvalue weighted by atomic mass is 32.1. The van der Waals surface area contributed by atoms with Crippen LogP contribution < -0.4 is 29.9 Å². The van der Waals surface area contributed by atoms with Gasteiger partial charge in [0.05, 0.1) is 13.1 Å². The van der Waals surface area contributed by atoms with E-state index in [1.54, 1.807) is 30.6 Å². The van der Waals surface area contributed by atoms with Gasteiger partial charge in [-0.2, -0.15) is 19.0 Å². The molecule has 18 nitrogen and oxygen atoms in total. The Kier molecular flexibility index (Phi) is 17.2. The van der Waals surface area contributed by atoms with Gasteiger partial charge in [-0.1, -0.05) is 40.5 Å². The summed E-state index contributed by atoms with van der Waals surface area (Å²) in [6.07, 6.45) is 2.56. The Labute approximate surface area is 366 Å². The van der Waals surface area contributed by atoms with Crippen molar-refractivity contribution in [2.24, 2.45) is 0 Å². The number of halogens is 4. The van der Waals surface area contributed by atoms with E-state index in [2.05, 4.69) is 61.1 Å². The fourth-order valence-corrected chi connectivity index (χ4v) is 8.48. The van der Waals surface area contributed by atoms with Gasteiger partial charge in [-0.15, -0.1) is 31.7 Å². The number of alkyl halides is 2. The first kappa shape index (κ1) is 47.0. The highest BCUT2D eigenvalue weighted by Crippen LogP contribution is 2.31. The van der Waals surface area contributed by atoms with Crippen LogP contribution in [0.25, 0.3) is 0 Å². The summed E-state index contributed by atoms with van der Waals surface area (Å²) in [5, 5.41) is 38.3. The first-order valence-electron chi connectivity index (χ1n) is 18.5. The molecule has 62 heavy (non-hydrogen) atoms. The maximum Gasteiger partial charge on any atom is 0.346 e. The molecule has 0 bridgehead atoms. The van der Waals surface area contributed by atoms with Gasteiger partial charge < -0.3 is 28.7 Å². The number of hydrogen-bond donors (Lipinski definition) is 2. The number of amides is 2. The number of methoxy groups -OCH3 is 1. The molecule has 2 aliphatic rings. The lowest BCUT2D eigenvalue weighted by molar-refractivity contribution is -0.173. The van der Waals surface area contributed by atoms with Crippen molar-refractivity contribution in [2.75, 3.05) is 53.7 Å². The highest BCUT2D eigenvalue weighted by molar-refractivity contribution is 7.17. The van der Waals surface area contributed by atoms with Crippen LogP contribution in [0.5, 0.6) is 10.4 Å². The molecule has 334 valence electrons. The van der Waals surface area contributed by atoms with Crippen molar-refractivity contribution in [3.05, 3.63) is 94.4 Å². The maximum absolute atomic E-state index is 12.8. The van der Waals surface area contributed by atoms with Crippen LogP contribution in [0, 0.1) is 6.92 Å². The Bertz CT molecular complexity index is 2300. The van der Waals surface area contributed by atoms with Gasteiger partial charge in [-0.3, -0.25) is 29.6 Å². The minimum atomic E-state index is -3.11. The summed E-state index contributed by atoms with van der Waals surface area (Å²) in [4.78, 5) is 31.2. The number of nitrogens with zero attached hydrogens (tertiary/aromatic N) is 10. The molecule has 0 radical (unpaired) electrons. The third-order valence-corrected chi connectivity index (χ3v) is 11.4. The van der Waals surface area contributed by atoms with Crippen LogP contribution >= 0.6 is 34.0 Å². The SMILES string of the molecule is CO[C@@H](C(=O)Nc1nnc(O[C@@H]2CCN(c3cccnn3)C2)s1)c1ccc(C)s1.F.F.O=C(Nc1nnc(O[C@@H]2CCN(c3cccnn3)C2)s1)[C@@H](OC(F)F)c1ccccc1.[HH].[HH]. The molecule has 8 rings (SSSR count). The standard InChI is InChI=1S/C19H18F2N6O3S.C18H20N6O3S2.2FH.2H2/c20-17(21)30-15(12-5-2-1-3-6-12)16(28)23-18-25-26-19(31-18)29-13-8-10-27(11-13)14-7-4-9-22-24-14;1-11-5-6-13(28-11)15(26-2)16(25)20-17-22-23-18(29-17)27-12-7-9-24(10-12)14-4-3-8-19-21-14;;;;/h1-7,9,13,15,17H,8,10-11H2,(H,23,25,28);3-6,8,12,15H,7,9-10H2,1-2H3,(H,20,22,25);4*1H/t13-,15+;12-,15-;;;;/m11..../s1. The third-order valence-electron chi connectivity index (χ3n) is 8.94. The molecule has 4 atom stereocenters. The normalized spacial score (nSPS) is 16.6. The zero-order valence-electron chi connectivity index (χ0n) is 32.9. The first-order valence-corrected chi connectivity index (χ1v) is 20.9. The lowest BCUT2D eigenvalue weighted by Gasteiger charge is -2.16. The molecule has 25 heteroatoms. The lowest BCUT2D eigenvalue weighted by atomic mass is 10.1. The number of thiophene rings is 1. The predicted octanol–water partition coefficient (Wildman–Crippen LogP) is 6.38. The van der Waals surface area contributed by atoms with Crippen molar-refractivity contribution >= 4 is 67.7 Å². The lowest BCUT2D eigenvalue weighted by Crippen LogP contribution is -2.25. The van der Waals surface area contributed by atoms with Crippen LogP contribution in [0.2, 0.25) is 0 Å². The molecule has 0 unspecified atom stereocenters. The molecule has 2 amide bonds. The molecule has 6 aromatic rings. The fraction of sp³-hybridized carbons (Fsp3) is 0.351. The monoisotopic (exact) mass is 924 g/mol. The first-order chi connectivity index (χ1) is 29.2. The Morgan fingerprint density at radius 3 is 1.69 bits per heavy atom. The van der Waals surface area contributed by atoms with Crippen molar-refractivity contribution in [1.29, 1.82) is 0 Å². The summed E-state index contributed by atoms with van der Waals surface area (Å²) in [6.45, 7) is 1.78. The number of aromatic nitrogens is 8. The largest absolute Gasteiger partial charge is 0.464 e. The smallest absolute Gasteiger partial charge is 0.346 e. The Hall–Kier alpha value is -6.02. The van der Waals surface area contributed by atoms with Crippen molar-refractivity contribution in [3.63, 3.8) is 0 Å². The minimum Gasteiger partial charge on any atom is -0.464 e. The second-order valence-electron chi connectivity index (χ2n) is 13.1. The third kappa shape index (κ3) is 12.8. The average molecular weight is 925 g/mol. The minimum absolute atomic E-state index is 0. The van der Waals surface area contributed by atoms with Gasteiger partial charge in [0.1, 0.15) is 12.2 Å². The van der Waals surface area contributed by atoms with Gasteiger partial charge in [0.25, 0.3) is 22.2 Å². The number of rotatable bonds is 15. The summed E-state index contributed by atoms with van der Waals surface area (Å²) in [7, 11) is 1.51. The van der Waals surface area contributed by atoms with Gasteiger partial charge in [0.2, 0.25) is 10.3 Å². The zero-order valence-corrected chi connectivity index (χ0v) is 35.3. The molecular formula is C37H44F4N12O6S3. The second-order valence-corrected chi connectivity index (χ2v) is 16.3. The van der Waals surface area contributed by atoms with E-state index < -0.39 is 24.7 Å². The van der Waals surface area contributed by atoms with E-state index >= 15 is 0 Å². The quantitative estimate of drug-likeness (QED) is 0.107. The molecule has 2 N–H and O–H groups in total. The highest BCUT2D eigenvalue weighted by Gasteiger charge is 2.30. The maximum atomic E-state index is 12.8.